The van der Waals surface area contributed by atoms with Crippen LogP contribution in [0.15, 0.2) is 60.7 Å². The molecule has 104 valence electrons. The van der Waals surface area contributed by atoms with E-state index in [-0.39, 0.29) is 4.99 Å². The van der Waals surface area contributed by atoms with E-state index in [0.717, 1.165) is 22.8 Å². The van der Waals surface area contributed by atoms with Gasteiger partial charge in [0.1, 0.15) is 0 Å². The van der Waals surface area contributed by atoms with Gasteiger partial charge in [0, 0.05) is 10.6 Å². The molecule has 0 bridgehead atoms. The predicted octanol–water partition coefficient (Wildman–Crippen LogP) is 4.24. The zero-order valence-corrected chi connectivity index (χ0v) is 13.2. The zero-order chi connectivity index (χ0) is 13.8. The third-order valence-corrected chi connectivity index (χ3v) is 9.52. The molecule has 0 radical (unpaired) electrons. The molecule has 2 aromatic carbocycles. The summed E-state index contributed by atoms with van der Waals surface area (Å²) in [5.41, 5.74) is 0. The lowest BCUT2D eigenvalue weighted by molar-refractivity contribution is 0.580. The van der Waals surface area contributed by atoms with Gasteiger partial charge in [0.2, 0.25) is 0 Å². The summed E-state index contributed by atoms with van der Waals surface area (Å²) >= 11 is 1.90. The van der Waals surface area contributed by atoms with Gasteiger partial charge in [-0.15, -0.1) is 0 Å². The van der Waals surface area contributed by atoms with Crippen LogP contribution in [-0.2, 0) is 4.57 Å². The van der Waals surface area contributed by atoms with Gasteiger partial charge in [-0.3, -0.25) is 0 Å². The molecule has 1 aliphatic heterocycles. The van der Waals surface area contributed by atoms with E-state index in [2.05, 4.69) is 0 Å². The van der Waals surface area contributed by atoms with Crippen molar-refractivity contribution in [2.24, 2.45) is 0 Å². The fourth-order valence-electron chi connectivity index (χ4n) is 2.79. The highest BCUT2D eigenvalue weighted by molar-refractivity contribution is 8.08. The van der Waals surface area contributed by atoms with Crippen LogP contribution in [0.4, 0.5) is 0 Å². The normalized spacial score (nSPS) is 19.7. The molecular weight excluding hydrogens is 283 g/mol. The summed E-state index contributed by atoms with van der Waals surface area (Å²) in [5.74, 6) is 1.13. The Morgan fingerprint density at radius 3 is 1.85 bits per heavy atom. The maximum Gasteiger partial charge on any atom is 0.155 e. The average molecular weight is 302 g/mol. The van der Waals surface area contributed by atoms with E-state index >= 15 is 0 Å². The van der Waals surface area contributed by atoms with Crippen molar-refractivity contribution in [2.45, 2.75) is 24.3 Å². The van der Waals surface area contributed by atoms with Crippen LogP contribution in [0.5, 0.6) is 0 Å². The van der Waals surface area contributed by atoms with Crippen molar-refractivity contribution >= 4 is 29.5 Å². The van der Waals surface area contributed by atoms with Crippen molar-refractivity contribution < 1.29 is 4.57 Å². The van der Waals surface area contributed by atoms with Gasteiger partial charge in [-0.05, 0) is 18.6 Å². The first-order chi connectivity index (χ1) is 9.82. The molecule has 0 amide bonds. The second-order valence-electron chi connectivity index (χ2n) is 5.15. The first-order valence-electron chi connectivity index (χ1n) is 7.14. The summed E-state index contributed by atoms with van der Waals surface area (Å²) in [6, 6.07) is 20.1. The van der Waals surface area contributed by atoms with E-state index in [1.54, 1.807) is 0 Å². The summed E-state index contributed by atoms with van der Waals surface area (Å²) in [5, 5.41) is 2.01. The van der Waals surface area contributed by atoms with Crippen molar-refractivity contribution in [3.63, 3.8) is 0 Å². The molecule has 0 N–H and O–H groups in total. The Bertz CT molecular complexity index is 547. The number of thioether (sulfide) groups is 1. The lowest BCUT2D eigenvalue weighted by Crippen LogP contribution is -2.25. The minimum absolute atomic E-state index is 0.237. The standard InChI is InChI=1S/C17H19OPS/c18-19(15-9-3-1-4-10-15,16-11-5-2-6-12-16)17-13-7-8-14-20-17/h1-6,9-12,17H,7-8,13-14H2. The van der Waals surface area contributed by atoms with Gasteiger partial charge in [-0.1, -0.05) is 67.1 Å². The number of hydrogen-bond donors (Lipinski definition) is 0. The molecule has 3 heteroatoms. The van der Waals surface area contributed by atoms with E-state index in [1.165, 1.54) is 12.8 Å². The van der Waals surface area contributed by atoms with Crippen LogP contribution in [0.25, 0.3) is 0 Å². The highest BCUT2D eigenvalue weighted by Gasteiger charge is 2.37. The number of benzene rings is 2. The van der Waals surface area contributed by atoms with Crippen molar-refractivity contribution in [1.29, 1.82) is 0 Å². The van der Waals surface area contributed by atoms with E-state index in [0.29, 0.717) is 0 Å². The molecule has 0 aliphatic carbocycles. The summed E-state index contributed by atoms with van der Waals surface area (Å²) in [6.07, 6.45) is 3.51. The molecule has 2 aromatic rings. The van der Waals surface area contributed by atoms with Crippen LogP contribution in [0.2, 0.25) is 0 Å². The van der Waals surface area contributed by atoms with Gasteiger partial charge in [0.25, 0.3) is 0 Å². The maximum absolute atomic E-state index is 14.0. The van der Waals surface area contributed by atoms with Crippen molar-refractivity contribution in [3.8, 4) is 0 Å². The van der Waals surface area contributed by atoms with Crippen LogP contribution < -0.4 is 10.6 Å². The second-order valence-corrected chi connectivity index (χ2v) is 9.78. The molecule has 0 spiro atoms. The average Bonchev–Trinajstić information content (AvgIpc) is 2.56. The minimum Gasteiger partial charge on any atom is -0.312 e. The fraction of sp³-hybridized carbons (Fsp3) is 0.294. The van der Waals surface area contributed by atoms with Gasteiger partial charge in [0.05, 0.1) is 4.99 Å². The summed E-state index contributed by atoms with van der Waals surface area (Å²) in [7, 11) is -2.54. The SMILES string of the molecule is O=P(c1ccccc1)(c1ccccc1)C1CCCCS1. The first kappa shape index (κ1) is 14.0. The van der Waals surface area contributed by atoms with Crippen LogP contribution in [0.1, 0.15) is 19.3 Å². The van der Waals surface area contributed by atoms with Crippen LogP contribution in [0.3, 0.4) is 0 Å². The maximum atomic E-state index is 14.0. The van der Waals surface area contributed by atoms with Crippen LogP contribution >= 0.6 is 18.9 Å². The molecule has 0 aromatic heterocycles. The van der Waals surface area contributed by atoms with Gasteiger partial charge >= 0.3 is 0 Å². The van der Waals surface area contributed by atoms with Crippen LogP contribution in [-0.4, -0.2) is 10.7 Å². The Kier molecular flexibility index (Phi) is 4.33. The molecule has 1 aliphatic rings. The highest BCUT2D eigenvalue weighted by atomic mass is 32.2. The summed E-state index contributed by atoms with van der Waals surface area (Å²) in [4.78, 5) is 0.237. The summed E-state index contributed by atoms with van der Waals surface area (Å²) in [6.45, 7) is 0. The third-order valence-electron chi connectivity index (χ3n) is 3.84. The quantitative estimate of drug-likeness (QED) is 0.789. The molecule has 1 unspecified atom stereocenters. The van der Waals surface area contributed by atoms with Gasteiger partial charge in [0.15, 0.2) is 7.14 Å². The lowest BCUT2D eigenvalue weighted by Gasteiger charge is -2.31. The van der Waals surface area contributed by atoms with Crippen molar-refractivity contribution in [2.75, 3.05) is 5.75 Å². The van der Waals surface area contributed by atoms with Gasteiger partial charge < -0.3 is 4.57 Å². The Morgan fingerprint density at radius 1 is 0.850 bits per heavy atom. The highest BCUT2D eigenvalue weighted by Crippen LogP contribution is 2.56. The van der Waals surface area contributed by atoms with Crippen molar-refractivity contribution in [1.82, 2.24) is 0 Å². The largest absolute Gasteiger partial charge is 0.312 e. The van der Waals surface area contributed by atoms with Gasteiger partial charge in [-0.2, -0.15) is 11.8 Å². The summed E-state index contributed by atoms with van der Waals surface area (Å²) < 4.78 is 14.0. The number of rotatable bonds is 3. The molecule has 3 rings (SSSR count). The lowest BCUT2D eigenvalue weighted by atomic mass is 10.3. The molecule has 1 fully saturated rings. The van der Waals surface area contributed by atoms with Gasteiger partial charge in [-0.25, -0.2) is 0 Å². The molecule has 0 saturated carbocycles. The first-order valence-corrected chi connectivity index (χ1v) is 9.97. The molecular formula is C17H19OPS. The predicted molar refractivity (Wildman–Crippen MR) is 89.9 cm³/mol. The molecule has 1 nitrogen and oxygen atoms in total. The Morgan fingerprint density at radius 2 is 1.40 bits per heavy atom. The van der Waals surface area contributed by atoms with E-state index in [4.69, 9.17) is 0 Å². The molecule has 20 heavy (non-hydrogen) atoms. The monoisotopic (exact) mass is 302 g/mol. The smallest absolute Gasteiger partial charge is 0.155 e. The van der Waals surface area contributed by atoms with Crippen LogP contribution in [0, 0.1) is 0 Å². The zero-order valence-electron chi connectivity index (χ0n) is 11.4. The molecule has 1 atom stereocenters. The third kappa shape index (κ3) is 2.60. The molecule has 1 saturated heterocycles. The van der Waals surface area contributed by atoms with E-state index < -0.39 is 7.14 Å². The second kappa shape index (κ2) is 6.20. The minimum atomic E-state index is -2.54. The fourth-order valence-corrected chi connectivity index (χ4v) is 8.39. The van der Waals surface area contributed by atoms with E-state index in [9.17, 15) is 4.57 Å². The molecule has 1 heterocycles. The number of hydrogen-bond acceptors (Lipinski definition) is 2. The Hall–Kier alpha value is -0.980. The van der Waals surface area contributed by atoms with E-state index in [1.807, 2.05) is 72.4 Å². The Labute approximate surface area is 125 Å². The Balaban J connectivity index is 2.10. The topological polar surface area (TPSA) is 17.1 Å². The van der Waals surface area contributed by atoms with Crippen molar-refractivity contribution in [3.05, 3.63) is 60.7 Å².